The number of esters is 3. The zero-order valence-corrected chi connectivity index (χ0v) is 39.9. The van der Waals surface area contributed by atoms with Gasteiger partial charge in [-0.1, -0.05) is 196 Å². The van der Waals surface area contributed by atoms with Crippen molar-refractivity contribution in [2.75, 3.05) is 13.2 Å². The first-order chi connectivity index (χ1) is 30.0. The summed E-state index contributed by atoms with van der Waals surface area (Å²) < 4.78 is 16.7. The van der Waals surface area contributed by atoms with Crippen molar-refractivity contribution in [2.24, 2.45) is 0 Å². The van der Waals surface area contributed by atoms with Gasteiger partial charge in [0.1, 0.15) is 13.2 Å². The smallest absolute Gasteiger partial charge is 0.306 e. The van der Waals surface area contributed by atoms with E-state index in [1.54, 1.807) is 0 Å². The third kappa shape index (κ3) is 47.7. The van der Waals surface area contributed by atoms with Crippen LogP contribution >= 0.6 is 0 Å². The Morgan fingerprint density at radius 3 is 0.951 bits per heavy atom. The van der Waals surface area contributed by atoms with E-state index in [2.05, 4.69) is 93.7 Å². The van der Waals surface area contributed by atoms with Gasteiger partial charge >= 0.3 is 17.9 Å². The molecule has 61 heavy (non-hydrogen) atoms. The average Bonchev–Trinajstić information content (AvgIpc) is 3.26. The fraction of sp³-hybridized carbons (Fsp3) is 0.727. The Labute approximate surface area is 376 Å². The van der Waals surface area contributed by atoms with Crippen molar-refractivity contribution in [3.8, 4) is 0 Å². The molecular weight excluding hydrogens is 757 g/mol. The van der Waals surface area contributed by atoms with E-state index in [1.165, 1.54) is 89.9 Å². The molecule has 0 amide bonds. The van der Waals surface area contributed by atoms with Gasteiger partial charge in [-0.15, -0.1) is 0 Å². The molecule has 0 aliphatic carbocycles. The molecule has 0 spiro atoms. The predicted octanol–water partition coefficient (Wildman–Crippen LogP) is 16.6. The van der Waals surface area contributed by atoms with Gasteiger partial charge in [0, 0.05) is 19.3 Å². The maximum atomic E-state index is 12.8. The van der Waals surface area contributed by atoms with Crippen molar-refractivity contribution in [3.63, 3.8) is 0 Å². The SMILES string of the molecule is CCCCC/C=C\C/C=C\C/C=C\CCCCCCC(=O)OC[C@@H](COC(=O)CCCCCCCCCCC)OC(=O)CCCCCC/C=C\C/C=C\C/C=C\CCCCC. The van der Waals surface area contributed by atoms with E-state index in [1.807, 2.05) is 0 Å². The maximum absolute atomic E-state index is 12.8. The van der Waals surface area contributed by atoms with Crippen LogP contribution in [0.4, 0.5) is 0 Å². The number of ether oxygens (including phenoxy) is 3. The third-order valence-electron chi connectivity index (χ3n) is 10.7. The van der Waals surface area contributed by atoms with Crippen molar-refractivity contribution in [2.45, 2.75) is 245 Å². The molecule has 0 saturated heterocycles. The minimum absolute atomic E-state index is 0.0912. The van der Waals surface area contributed by atoms with Crippen LogP contribution in [0.2, 0.25) is 0 Å². The number of carbonyl (C=O) groups is 3. The Hall–Kier alpha value is -3.15. The molecule has 0 aliphatic heterocycles. The molecule has 0 rings (SSSR count). The molecule has 0 aromatic carbocycles. The molecule has 0 aromatic rings. The summed E-state index contributed by atoms with van der Waals surface area (Å²) in [6.07, 6.45) is 61.7. The lowest BCUT2D eigenvalue weighted by Crippen LogP contribution is -2.30. The van der Waals surface area contributed by atoms with Crippen LogP contribution in [0.1, 0.15) is 239 Å². The van der Waals surface area contributed by atoms with E-state index in [-0.39, 0.29) is 31.1 Å². The van der Waals surface area contributed by atoms with Gasteiger partial charge in [0.05, 0.1) is 0 Å². The van der Waals surface area contributed by atoms with Crippen molar-refractivity contribution in [1.29, 1.82) is 0 Å². The molecule has 0 aliphatic rings. The van der Waals surface area contributed by atoms with Crippen LogP contribution in [-0.4, -0.2) is 37.2 Å². The van der Waals surface area contributed by atoms with E-state index in [4.69, 9.17) is 14.2 Å². The predicted molar refractivity (Wildman–Crippen MR) is 261 cm³/mol. The summed E-state index contributed by atoms with van der Waals surface area (Å²) in [4.78, 5) is 37.9. The van der Waals surface area contributed by atoms with Crippen molar-refractivity contribution < 1.29 is 28.6 Å². The van der Waals surface area contributed by atoms with Crippen LogP contribution in [0, 0.1) is 0 Å². The Morgan fingerprint density at radius 1 is 0.328 bits per heavy atom. The summed E-state index contributed by atoms with van der Waals surface area (Å²) in [7, 11) is 0. The molecule has 0 N–H and O–H groups in total. The van der Waals surface area contributed by atoms with Gasteiger partial charge in [0.25, 0.3) is 0 Å². The molecular formula is C55H94O6. The van der Waals surface area contributed by atoms with Gasteiger partial charge in [0.15, 0.2) is 6.10 Å². The molecule has 0 bridgehead atoms. The number of carbonyl (C=O) groups excluding carboxylic acids is 3. The highest BCUT2D eigenvalue weighted by Crippen LogP contribution is 2.13. The molecule has 0 aromatic heterocycles. The summed E-state index contributed by atoms with van der Waals surface area (Å²) in [5, 5.41) is 0. The highest BCUT2D eigenvalue weighted by Gasteiger charge is 2.19. The van der Waals surface area contributed by atoms with E-state index < -0.39 is 6.10 Å². The van der Waals surface area contributed by atoms with Gasteiger partial charge in [-0.2, -0.15) is 0 Å². The average molecular weight is 851 g/mol. The second-order valence-corrected chi connectivity index (χ2v) is 16.7. The number of rotatable bonds is 45. The van der Waals surface area contributed by atoms with Crippen LogP contribution in [0.3, 0.4) is 0 Å². The number of hydrogen-bond donors (Lipinski definition) is 0. The van der Waals surface area contributed by atoms with Gasteiger partial charge in [0.2, 0.25) is 0 Å². The van der Waals surface area contributed by atoms with Gasteiger partial charge in [-0.3, -0.25) is 14.4 Å². The Bertz CT molecular complexity index is 1160. The summed E-state index contributed by atoms with van der Waals surface area (Å²) in [6, 6.07) is 0. The maximum Gasteiger partial charge on any atom is 0.306 e. The van der Waals surface area contributed by atoms with Crippen LogP contribution in [0.25, 0.3) is 0 Å². The highest BCUT2D eigenvalue weighted by atomic mass is 16.6. The first-order valence-electron chi connectivity index (χ1n) is 25.4. The van der Waals surface area contributed by atoms with E-state index in [0.29, 0.717) is 19.3 Å². The van der Waals surface area contributed by atoms with E-state index >= 15 is 0 Å². The lowest BCUT2D eigenvalue weighted by Gasteiger charge is -2.18. The lowest BCUT2D eigenvalue weighted by atomic mass is 10.1. The van der Waals surface area contributed by atoms with Crippen molar-refractivity contribution >= 4 is 17.9 Å². The van der Waals surface area contributed by atoms with Gasteiger partial charge < -0.3 is 14.2 Å². The quantitative estimate of drug-likeness (QED) is 0.0263. The molecule has 0 heterocycles. The second kappa shape index (κ2) is 49.5. The Balaban J connectivity index is 4.42. The largest absolute Gasteiger partial charge is 0.462 e. The van der Waals surface area contributed by atoms with Gasteiger partial charge in [-0.25, -0.2) is 0 Å². The zero-order valence-electron chi connectivity index (χ0n) is 39.9. The number of hydrogen-bond acceptors (Lipinski definition) is 6. The van der Waals surface area contributed by atoms with E-state index in [0.717, 1.165) is 109 Å². The minimum atomic E-state index is -0.793. The standard InChI is InChI=1S/C55H94O6/c1-4-7-10-13-16-19-21-23-25-27-29-31-33-36-39-42-45-48-54(57)60-51-52(50-59-53(56)47-44-41-38-35-18-15-12-9-6-3)61-55(58)49-46-43-40-37-34-32-30-28-26-24-22-20-17-14-11-8-5-2/h16-17,19-20,23-26,29-32,52H,4-15,18,21-22,27-28,33-51H2,1-3H3/b19-16-,20-17-,25-23-,26-24-,31-29-,32-30-/t52-/m1/s1. The molecule has 0 saturated carbocycles. The van der Waals surface area contributed by atoms with Crippen LogP contribution < -0.4 is 0 Å². The van der Waals surface area contributed by atoms with Gasteiger partial charge in [-0.05, 0) is 96.3 Å². The molecule has 6 nitrogen and oxygen atoms in total. The fourth-order valence-corrected chi connectivity index (χ4v) is 6.81. The number of unbranched alkanes of at least 4 members (excludes halogenated alkanes) is 22. The minimum Gasteiger partial charge on any atom is -0.462 e. The van der Waals surface area contributed by atoms with Crippen LogP contribution in [0.5, 0.6) is 0 Å². The van der Waals surface area contributed by atoms with E-state index in [9.17, 15) is 14.4 Å². The summed E-state index contributed by atoms with van der Waals surface area (Å²) >= 11 is 0. The monoisotopic (exact) mass is 851 g/mol. The molecule has 0 radical (unpaired) electrons. The Morgan fingerprint density at radius 2 is 0.590 bits per heavy atom. The summed E-state index contributed by atoms with van der Waals surface area (Å²) in [5.41, 5.74) is 0. The molecule has 6 heteroatoms. The first kappa shape index (κ1) is 57.9. The molecule has 0 unspecified atom stereocenters. The molecule has 350 valence electrons. The molecule has 0 fully saturated rings. The second-order valence-electron chi connectivity index (χ2n) is 16.7. The highest BCUT2D eigenvalue weighted by molar-refractivity contribution is 5.71. The van der Waals surface area contributed by atoms with Crippen LogP contribution in [0.15, 0.2) is 72.9 Å². The third-order valence-corrected chi connectivity index (χ3v) is 10.7. The Kier molecular flexibility index (Phi) is 46.9. The zero-order chi connectivity index (χ0) is 44.4. The lowest BCUT2D eigenvalue weighted by molar-refractivity contribution is -0.167. The summed E-state index contributed by atoms with van der Waals surface area (Å²) in [5.74, 6) is -0.938. The molecule has 1 atom stereocenters. The van der Waals surface area contributed by atoms with Crippen molar-refractivity contribution in [1.82, 2.24) is 0 Å². The topological polar surface area (TPSA) is 78.9 Å². The number of allylic oxidation sites excluding steroid dienone is 12. The normalized spacial score (nSPS) is 12.6. The fourth-order valence-electron chi connectivity index (χ4n) is 6.81. The van der Waals surface area contributed by atoms with Crippen molar-refractivity contribution in [3.05, 3.63) is 72.9 Å². The first-order valence-corrected chi connectivity index (χ1v) is 25.4. The van der Waals surface area contributed by atoms with Crippen LogP contribution in [-0.2, 0) is 28.6 Å². The summed E-state index contributed by atoms with van der Waals surface area (Å²) in [6.45, 7) is 6.52.